The lowest BCUT2D eigenvalue weighted by Crippen LogP contribution is -2.48. The molecule has 1 aliphatic heterocycles. The number of anilines is 1. The van der Waals surface area contributed by atoms with Crippen molar-refractivity contribution in [2.24, 2.45) is 7.05 Å². The van der Waals surface area contributed by atoms with Crippen LogP contribution in [0.5, 0.6) is 0 Å². The van der Waals surface area contributed by atoms with E-state index in [4.69, 9.17) is 0 Å². The van der Waals surface area contributed by atoms with Crippen LogP contribution in [-0.2, 0) is 17.4 Å². The fraction of sp³-hybridized carbons (Fsp3) is 0.524. The van der Waals surface area contributed by atoms with E-state index >= 15 is 0 Å². The number of hydrogen-bond acceptors (Lipinski definition) is 4. The van der Waals surface area contributed by atoms with Crippen molar-refractivity contribution < 1.29 is 4.79 Å². The molecule has 1 aromatic heterocycles. The predicted octanol–water partition coefficient (Wildman–Crippen LogP) is 2.67. The summed E-state index contributed by atoms with van der Waals surface area (Å²) in [4.78, 5) is 20.8. The van der Waals surface area contributed by atoms with E-state index in [0.717, 1.165) is 37.7 Å². The van der Waals surface area contributed by atoms with Crippen molar-refractivity contribution >= 4 is 11.9 Å². The molecule has 1 atom stereocenters. The van der Waals surface area contributed by atoms with Crippen LogP contribution in [0.25, 0.3) is 0 Å². The Labute approximate surface area is 162 Å². The van der Waals surface area contributed by atoms with Crippen LogP contribution in [0.2, 0.25) is 0 Å². The quantitative estimate of drug-likeness (QED) is 0.880. The summed E-state index contributed by atoms with van der Waals surface area (Å²) in [6.07, 6.45) is 3.85. The lowest BCUT2D eigenvalue weighted by atomic mass is 9.92. The standard InChI is InChI=1S/C21H31N5O/c1-16(18-6-8-19(9-7-18)21(3,4)23-17(2)27)25-12-14-26(15-13-25)20-22-10-11-24(20)5/h6-11,16H,12-15H2,1-5H3,(H,23,27). The van der Waals surface area contributed by atoms with Crippen LogP contribution in [-0.4, -0.2) is 46.5 Å². The van der Waals surface area contributed by atoms with Crippen molar-refractivity contribution in [3.63, 3.8) is 0 Å². The van der Waals surface area contributed by atoms with E-state index in [0.29, 0.717) is 6.04 Å². The molecule has 1 unspecified atom stereocenters. The van der Waals surface area contributed by atoms with E-state index < -0.39 is 0 Å². The molecule has 0 aliphatic carbocycles. The largest absolute Gasteiger partial charge is 0.347 e. The molecule has 6 heteroatoms. The van der Waals surface area contributed by atoms with Crippen molar-refractivity contribution in [2.75, 3.05) is 31.1 Å². The first-order valence-electron chi connectivity index (χ1n) is 9.63. The Morgan fingerprint density at radius 1 is 1.15 bits per heavy atom. The second-order valence-electron chi connectivity index (χ2n) is 7.97. The molecule has 1 N–H and O–H groups in total. The number of amides is 1. The maximum Gasteiger partial charge on any atom is 0.217 e. The molecule has 146 valence electrons. The van der Waals surface area contributed by atoms with Crippen LogP contribution < -0.4 is 10.2 Å². The molecule has 2 heterocycles. The molecule has 3 rings (SSSR count). The number of aromatic nitrogens is 2. The highest BCUT2D eigenvalue weighted by Gasteiger charge is 2.25. The first kappa shape index (κ1) is 19.4. The molecule has 1 saturated heterocycles. The van der Waals surface area contributed by atoms with E-state index in [1.54, 1.807) is 6.92 Å². The summed E-state index contributed by atoms with van der Waals surface area (Å²) in [5, 5.41) is 3.01. The normalized spacial score (nSPS) is 17.0. The summed E-state index contributed by atoms with van der Waals surface area (Å²) in [5.41, 5.74) is 2.07. The van der Waals surface area contributed by atoms with Crippen molar-refractivity contribution in [1.82, 2.24) is 19.8 Å². The number of aryl methyl sites for hydroxylation is 1. The van der Waals surface area contributed by atoms with Gasteiger partial charge in [0.25, 0.3) is 0 Å². The van der Waals surface area contributed by atoms with Gasteiger partial charge in [0.05, 0.1) is 5.54 Å². The summed E-state index contributed by atoms with van der Waals surface area (Å²) in [6, 6.07) is 9.01. The maximum atomic E-state index is 11.4. The Hall–Kier alpha value is -2.34. The van der Waals surface area contributed by atoms with E-state index in [-0.39, 0.29) is 11.4 Å². The lowest BCUT2D eigenvalue weighted by molar-refractivity contribution is -0.120. The minimum atomic E-state index is -0.360. The number of nitrogens with zero attached hydrogens (tertiary/aromatic N) is 4. The number of benzene rings is 1. The molecule has 0 bridgehead atoms. The Morgan fingerprint density at radius 2 is 1.78 bits per heavy atom. The van der Waals surface area contributed by atoms with Gasteiger partial charge in [-0.15, -0.1) is 0 Å². The van der Waals surface area contributed by atoms with E-state index in [9.17, 15) is 4.79 Å². The number of nitrogens with one attached hydrogen (secondary N) is 1. The average molecular weight is 370 g/mol. The average Bonchev–Trinajstić information content (AvgIpc) is 3.06. The molecule has 1 fully saturated rings. The highest BCUT2D eigenvalue weighted by atomic mass is 16.1. The number of hydrogen-bond donors (Lipinski definition) is 1. The van der Waals surface area contributed by atoms with Crippen molar-refractivity contribution in [1.29, 1.82) is 0 Å². The van der Waals surface area contributed by atoms with Crippen molar-refractivity contribution in [3.05, 3.63) is 47.8 Å². The highest BCUT2D eigenvalue weighted by Crippen LogP contribution is 2.26. The molecule has 2 aromatic rings. The zero-order valence-electron chi connectivity index (χ0n) is 17.1. The van der Waals surface area contributed by atoms with Gasteiger partial charge in [0.1, 0.15) is 0 Å². The number of carbonyl (C=O) groups is 1. The summed E-state index contributed by atoms with van der Waals surface area (Å²) in [6.45, 7) is 11.9. The minimum Gasteiger partial charge on any atom is -0.347 e. The van der Waals surface area contributed by atoms with Gasteiger partial charge >= 0.3 is 0 Å². The zero-order valence-corrected chi connectivity index (χ0v) is 17.1. The third kappa shape index (κ3) is 4.33. The fourth-order valence-corrected chi connectivity index (χ4v) is 3.87. The molecular formula is C21H31N5O. The summed E-state index contributed by atoms with van der Waals surface area (Å²) < 4.78 is 2.08. The van der Waals surface area contributed by atoms with E-state index in [1.165, 1.54) is 5.56 Å². The van der Waals surface area contributed by atoms with Gasteiger partial charge in [-0.3, -0.25) is 9.69 Å². The molecule has 0 saturated carbocycles. The van der Waals surface area contributed by atoms with Crippen molar-refractivity contribution in [2.45, 2.75) is 39.3 Å². The Balaban J connectivity index is 1.62. The molecule has 1 amide bonds. The summed E-state index contributed by atoms with van der Waals surface area (Å²) in [5.74, 6) is 1.04. The third-order valence-electron chi connectivity index (χ3n) is 5.54. The maximum absolute atomic E-state index is 11.4. The van der Waals surface area contributed by atoms with Crippen LogP contribution in [0.1, 0.15) is 44.9 Å². The second kappa shape index (κ2) is 7.72. The predicted molar refractivity (Wildman–Crippen MR) is 109 cm³/mol. The molecule has 1 aliphatic rings. The Morgan fingerprint density at radius 3 is 2.30 bits per heavy atom. The first-order valence-corrected chi connectivity index (χ1v) is 9.63. The second-order valence-corrected chi connectivity index (χ2v) is 7.97. The number of imidazole rings is 1. The first-order chi connectivity index (χ1) is 12.8. The topological polar surface area (TPSA) is 53.4 Å². The van der Waals surface area contributed by atoms with Gasteiger partial charge in [-0.2, -0.15) is 0 Å². The van der Waals surface area contributed by atoms with Crippen molar-refractivity contribution in [3.8, 4) is 0 Å². The highest BCUT2D eigenvalue weighted by molar-refractivity contribution is 5.74. The van der Waals surface area contributed by atoms with Crippen LogP contribution in [0, 0.1) is 0 Å². The van der Waals surface area contributed by atoms with Gasteiger partial charge in [-0.05, 0) is 31.9 Å². The van der Waals surface area contributed by atoms with Crippen LogP contribution >= 0.6 is 0 Å². The third-order valence-corrected chi connectivity index (χ3v) is 5.54. The Bertz CT molecular complexity index is 772. The van der Waals surface area contributed by atoms with E-state index in [2.05, 4.69) is 55.9 Å². The SMILES string of the molecule is CC(=O)NC(C)(C)c1ccc(C(C)N2CCN(c3nccn3C)CC2)cc1. The van der Waals surface area contributed by atoms with Crippen LogP contribution in [0.3, 0.4) is 0 Å². The fourth-order valence-electron chi connectivity index (χ4n) is 3.87. The molecule has 27 heavy (non-hydrogen) atoms. The molecule has 6 nitrogen and oxygen atoms in total. The van der Waals surface area contributed by atoms with Gasteiger partial charge in [-0.1, -0.05) is 24.3 Å². The van der Waals surface area contributed by atoms with Crippen LogP contribution in [0.4, 0.5) is 5.95 Å². The van der Waals surface area contributed by atoms with Gasteiger partial charge in [-0.25, -0.2) is 4.98 Å². The number of rotatable bonds is 5. The monoisotopic (exact) mass is 369 g/mol. The lowest BCUT2D eigenvalue weighted by Gasteiger charge is -2.38. The number of carbonyl (C=O) groups excluding carboxylic acids is 1. The van der Waals surface area contributed by atoms with Gasteiger partial charge < -0.3 is 14.8 Å². The molecule has 1 aromatic carbocycles. The number of piperazine rings is 1. The molecular weight excluding hydrogens is 338 g/mol. The van der Waals surface area contributed by atoms with Gasteiger partial charge in [0.2, 0.25) is 11.9 Å². The zero-order chi connectivity index (χ0) is 19.6. The smallest absolute Gasteiger partial charge is 0.217 e. The summed E-state index contributed by atoms with van der Waals surface area (Å²) >= 11 is 0. The van der Waals surface area contributed by atoms with Crippen LogP contribution in [0.15, 0.2) is 36.7 Å². The Kier molecular flexibility index (Phi) is 5.56. The minimum absolute atomic E-state index is 0.0111. The van der Waals surface area contributed by atoms with Gasteiger partial charge in [0.15, 0.2) is 0 Å². The van der Waals surface area contributed by atoms with E-state index in [1.807, 2.05) is 33.3 Å². The molecule has 0 spiro atoms. The molecule has 0 radical (unpaired) electrons. The van der Waals surface area contributed by atoms with Gasteiger partial charge in [0, 0.05) is 58.6 Å². The summed E-state index contributed by atoms with van der Waals surface area (Å²) in [7, 11) is 2.04.